The number of rotatable bonds is 6. The molecular formula is C22H22ClN3O3. The Labute approximate surface area is 174 Å². The van der Waals surface area contributed by atoms with Crippen LogP contribution in [0.5, 0.6) is 5.75 Å². The molecule has 1 aliphatic rings. The van der Waals surface area contributed by atoms with E-state index in [4.69, 9.17) is 20.9 Å². The van der Waals surface area contributed by atoms with Crippen LogP contribution in [-0.2, 0) is 24.2 Å². The quantitative estimate of drug-likeness (QED) is 0.652. The number of hydrogen-bond acceptors (Lipinski definition) is 5. The molecule has 1 amide bonds. The molecule has 0 aliphatic heterocycles. The number of nitrogens with zero attached hydrogens (tertiary/aromatic N) is 2. The van der Waals surface area contributed by atoms with Crippen LogP contribution in [0.1, 0.15) is 36.8 Å². The molecule has 0 spiro atoms. The summed E-state index contributed by atoms with van der Waals surface area (Å²) in [5.41, 5.74) is 3.22. The van der Waals surface area contributed by atoms with Crippen LogP contribution in [-0.4, -0.2) is 22.2 Å². The van der Waals surface area contributed by atoms with Gasteiger partial charge < -0.3 is 14.6 Å². The Morgan fingerprint density at radius 2 is 2.03 bits per heavy atom. The average molecular weight is 412 g/mol. The third-order valence-corrected chi connectivity index (χ3v) is 5.35. The lowest BCUT2D eigenvalue weighted by atomic mass is 9.91. The van der Waals surface area contributed by atoms with E-state index in [0.717, 1.165) is 25.0 Å². The van der Waals surface area contributed by atoms with Crippen molar-refractivity contribution in [3.05, 3.63) is 64.5 Å². The second kappa shape index (κ2) is 8.66. The fraction of sp³-hybridized carbons (Fsp3) is 0.318. The van der Waals surface area contributed by atoms with Gasteiger partial charge in [-0.1, -0.05) is 41.0 Å². The smallest absolute Gasteiger partial charge is 0.261 e. The Bertz CT molecular complexity index is 1020. The van der Waals surface area contributed by atoms with Crippen molar-refractivity contribution in [1.82, 2.24) is 15.5 Å². The van der Waals surface area contributed by atoms with Crippen molar-refractivity contribution < 1.29 is 14.1 Å². The number of nitrogens with one attached hydrogen (secondary N) is 1. The zero-order valence-electron chi connectivity index (χ0n) is 16.2. The van der Waals surface area contributed by atoms with E-state index in [1.807, 2.05) is 30.3 Å². The Morgan fingerprint density at radius 1 is 1.21 bits per heavy atom. The fourth-order valence-corrected chi connectivity index (χ4v) is 3.71. The first-order valence-corrected chi connectivity index (χ1v) is 10.1. The highest BCUT2D eigenvalue weighted by Crippen LogP contribution is 2.30. The molecular weight excluding hydrogens is 390 g/mol. The van der Waals surface area contributed by atoms with Gasteiger partial charge in [-0.25, -0.2) is 0 Å². The summed E-state index contributed by atoms with van der Waals surface area (Å²) >= 11 is 6.16. The van der Waals surface area contributed by atoms with Gasteiger partial charge in [0.25, 0.3) is 5.91 Å². The summed E-state index contributed by atoms with van der Waals surface area (Å²) in [7, 11) is 0. The Balaban J connectivity index is 1.36. The van der Waals surface area contributed by atoms with Crippen LogP contribution >= 0.6 is 11.6 Å². The molecule has 6 nitrogen and oxygen atoms in total. The first kappa shape index (κ1) is 19.5. The maximum atomic E-state index is 12.5. The monoisotopic (exact) mass is 411 g/mol. The minimum Gasteiger partial charge on any atom is -0.481 e. The van der Waals surface area contributed by atoms with Crippen LogP contribution < -0.4 is 10.1 Å². The molecule has 2 aromatic carbocycles. The number of ether oxygens (including phenoxy) is 1. The van der Waals surface area contributed by atoms with Gasteiger partial charge in [-0.15, -0.1) is 0 Å². The molecule has 4 rings (SSSR count). The lowest BCUT2D eigenvalue weighted by molar-refractivity contribution is -0.127. The van der Waals surface area contributed by atoms with Gasteiger partial charge in [-0.3, -0.25) is 4.79 Å². The molecule has 0 saturated heterocycles. The van der Waals surface area contributed by atoms with Crippen molar-refractivity contribution in [3.63, 3.8) is 0 Å². The minimum atomic E-state index is -0.630. The second-order valence-electron chi connectivity index (χ2n) is 7.07. The predicted molar refractivity (Wildman–Crippen MR) is 110 cm³/mol. The predicted octanol–water partition coefficient (Wildman–Crippen LogP) is 4.35. The zero-order chi connectivity index (χ0) is 20.2. The molecule has 1 aliphatic carbocycles. The molecule has 0 bridgehead atoms. The molecule has 1 atom stereocenters. The van der Waals surface area contributed by atoms with Crippen molar-refractivity contribution in [3.8, 4) is 17.1 Å². The van der Waals surface area contributed by atoms with E-state index < -0.39 is 6.10 Å². The summed E-state index contributed by atoms with van der Waals surface area (Å²) in [4.78, 5) is 16.8. The highest BCUT2D eigenvalue weighted by molar-refractivity contribution is 6.33. The summed E-state index contributed by atoms with van der Waals surface area (Å²) in [6.45, 7) is 1.86. The van der Waals surface area contributed by atoms with Gasteiger partial charge in [0.1, 0.15) is 5.75 Å². The van der Waals surface area contributed by atoms with E-state index >= 15 is 0 Å². The highest BCUT2D eigenvalue weighted by Gasteiger charge is 2.20. The number of halogens is 1. The number of amides is 1. The SMILES string of the molecule is C[C@@H](Oc1cccc2c1CCCC2)C(=O)NCc1nc(-c2ccccc2Cl)no1. The number of carbonyl (C=O) groups excluding carboxylic acids is 1. The summed E-state index contributed by atoms with van der Waals surface area (Å²) < 4.78 is 11.2. The van der Waals surface area contributed by atoms with Crippen molar-refractivity contribution in [2.24, 2.45) is 0 Å². The van der Waals surface area contributed by atoms with E-state index in [0.29, 0.717) is 22.3 Å². The Hall–Kier alpha value is -2.86. The third-order valence-electron chi connectivity index (χ3n) is 5.02. The van der Waals surface area contributed by atoms with Gasteiger partial charge >= 0.3 is 0 Å². The molecule has 1 aromatic heterocycles. The van der Waals surface area contributed by atoms with Crippen LogP contribution in [0, 0.1) is 0 Å². The first-order chi connectivity index (χ1) is 14.1. The highest BCUT2D eigenvalue weighted by atomic mass is 35.5. The maximum absolute atomic E-state index is 12.5. The van der Waals surface area contributed by atoms with Crippen LogP contribution in [0.15, 0.2) is 47.0 Å². The second-order valence-corrected chi connectivity index (χ2v) is 7.48. The maximum Gasteiger partial charge on any atom is 0.261 e. The molecule has 1 heterocycles. The first-order valence-electron chi connectivity index (χ1n) is 9.74. The lowest BCUT2D eigenvalue weighted by Crippen LogP contribution is -2.36. The number of hydrogen-bond donors (Lipinski definition) is 1. The standard InChI is InChI=1S/C22H22ClN3O3/c1-14(28-19-12-6-8-15-7-2-3-9-16(15)19)22(27)24-13-20-25-21(26-29-20)17-10-4-5-11-18(17)23/h4-6,8,10-12,14H,2-3,7,9,13H2,1H3,(H,24,27)/t14-/m1/s1. The topological polar surface area (TPSA) is 77.2 Å². The van der Waals surface area contributed by atoms with E-state index in [1.54, 1.807) is 13.0 Å². The van der Waals surface area contributed by atoms with Crippen LogP contribution in [0.2, 0.25) is 5.02 Å². The van der Waals surface area contributed by atoms with E-state index in [9.17, 15) is 4.79 Å². The third kappa shape index (κ3) is 4.43. The molecule has 29 heavy (non-hydrogen) atoms. The van der Waals surface area contributed by atoms with Gasteiger partial charge in [0.05, 0.1) is 11.6 Å². The zero-order valence-corrected chi connectivity index (χ0v) is 16.9. The largest absolute Gasteiger partial charge is 0.481 e. The number of aryl methyl sites for hydroxylation is 1. The number of fused-ring (bicyclic) bond motifs is 1. The van der Waals surface area contributed by atoms with Crippen LogP contribution in [0.3, 0.4) is 0 Å². The van der Waals surface area contributed by atoms with Gasteiger partial charge in [0.15, 0.2) is 6.10 Å². The molecule has 1 N–H and O–H groups in total. The van der Waals surface area contributed by atoms with Gasteiger partial charge in [0.2, 0.25) is 11.7 Å². The van der Waals surface area contributed by atoms with Crippen LogP contribution in [0.4, 0.5) is 0 Å². The normalized spacial score (nSPS) is 14.1. The molecule has 0 unspecified atom stereocenters. The minimum absolute atomic E-state index is 0.122. The molecule has 0 radical (unpaired) electrons. The average Bonchev–Trinajstić information content (AvgIpc) is 3.21. The summed E-state index contributed by atoms with van der Waals surface area (Å²) in [5, 5.41) is 7.26. The van der Waals surface area contributed by atoms with E-state index in [2.05, 4.69) is 21.5 Å². The summed E-state index contributed by atoms with van der Waals surface area (Å²) in [6, 6.07) is 13.3. The van der Waals surface area contributed by atoms with Crippen molar-refractivity contribution in [2.45, 2.75) is 45.3 Å². The van der Waals surface area contributed by atoms with Gasteiger partial charge in [-0.2, -0.15) is 4.98 Å². The van der Waals surface area contributed by atoms with Crippen LogP contribution in [0.25, 0.3) is 11.4 Å². The number of carbonyl (C=O) groups is 1. The molecule has 3 aromatic rings. The molecule has 0 fully saturated rings. The lowest BCUT2D eigenvalue weighted by Gasteiger charge is -2.21. The molecule has 150 valence electrons. The molecule has 0 saturated carbocycles. The number of aromatic nitrogens is 2. The fourth-order valence-electron chi connectivity index (χ4n) is 3.49. The Kier molecular flexibility index (Phi) is 5.81. The Morgan fingerprint density at radius 3 is 2.90 bits per heavy atom. The van der Waals surface area contributed by atoms with Crippen molar-refractivity contribution in [1.29, 1.82) is 0 Å². The van der Waals surface area contributed by atoms with Crippen molar-refractivity contribution >= 4 is 17.5 Å². The van der Waals surface area contributed by atoms with Crippen molar-refractivity contribution in [2.75, 3.05) is 0 Å². The van der Waals surface area contributed by atoms with Gasteiger partial charge in [0, 0.05) is 5.56 Å². The van der Waals surface area contributed by atoms with Gasteiger partial charge in [-0.05, 0) is 61.9 Å². The molecule has 7 heteroatoms. The number of benzene rings is 2. The summed E-state index contributed by atoms with van der Waals surface area (Å²) in [6.07, 6.45) is 3.78. The van der Waals surface area contributed by atoms with E-state index in [-0.39, 0.29) is 12.5 Å². The van der Waals surface area contributed by atoms with E-state index in [1.165, 1.54) is 17.5 Å². The summed E-state index contributed by atoms with van der Waals surface area (Å²) in [5.74, 6) is 1.25.